The molecule has 2 aromatic carbocycles. The molecule has 0 fully saturated rings. The van der Waals surface area contributed by atoms with Crippen LogP contribution >= 0.6 is 0 Å². The molecule has 0 aliphatic rings. The number of rotatable bonds is 10. The van der Waals surface area contributed by atoms with Gasteiger partial charge in [-0.25, -0.2) is 4.79 Å². The quantitative estimate of drug-likeness (QED) is 0.151. The molecular weight excluding hydrogens is 452 g/mol. The molecule has 2 amide bonds. The highest BCUT2D eigenvalue weighted by atomic mass is 16.6. The van der Waals surface area contributed by atoms with Gasteiger partial charge in [-0.1, -0.05) is 54.6 Å². The molecule has 188 valence electrons. The number of nitrogens with one attached hydrogen (secondary N) is 4. The number of ether oxygens (including phenoxy) is 2. The number of esters is 1. The van der Waals surface area contributed by atoms with Crippen LogP contribution in [0.1, 0.15) is 50.3 Å². The number of hydrogen-bond donors (Lipinski definition) is 5. The smallest absolute Gasteiger partial charge is 0.408 e. The molecule has 35 heavy (non-hydrogen) atoms. The monoisotopic (exact) mass is 484 g/mol. The summed E-state index contributed by atoms with van der Waals surface area (Å²) in [5.74, 6) is -1.13. The van der Waals surface area contributed by atoms with E-state index in [-0.39, 0.29) is 31.8 Å². The van der Waals surface area contributed by atoms with E-state index in [1.807, 2.05) is 30.3 Å². The van der Waals surface area contributed by atoms with Crippen molar-refractivity contribution in [3.63, 3.8) is 0 Å². The molecule has 0 aromatic heterocycles. The summed E-state index contributed by atoms with van der Waals surface area (Å²) >= 11 is 0. The number of hydroxylamine groups is 1. The maximum Gasteiger partial charge on any atom is 0.408 e. The molecule has 2 rings (SSSR count). The molecule has 0 spiro atoms. The fourth-order valence-corrected chi connectivity index (χ4v) is 2.96. The van der Waals surface area contributed by atoms with Gasteiger partial charge in [0.15, 0.2) is 0 Å². The Morgan fingerprint density at radius 3 is 2.26 bits per heavy atom. The fraction of sp³-hybridized carbons (Fsp3) is 0.360. The van der Waals surface area contributed by atoms with Crippen LogP contribution in [0, 0.1) is 5.41 Å². The van der Waals surface area contributed by atoms with Crippen molar-refractivity contribution in [2.75, 3.05) is 0 Å². The third kappa shape index (κ3) is 10.3. The van der Waals surface area contributed by atoms with E-state index in [1.165, 1.54) is 0 Å². The Hall–Kier alpha value is -3.92. The van der Waals surface area contributed by atoms with Gasteiger partial charge in [0.2, 0.25) is 5.91 Å². The molecule has 10 nitrogen and oxygen atoms in total. The number of benzene rings is 2. The standard InChI is InChI=1S/C25H32N4O6/c1-25(2,3)35-24(32)28-20(13-14-21(30)34-16-18-7-5-4-6-8-18)23(31)27-15-17-9-11-19(12-10-17)22(26)29-33/h4-12,20,33H,13-16H2,1-3H3,(H2,26,29)(H,27,31)(H,28,32). The van der Waals surface area contributed by atoms with Crippen molar-refractivity contribution in [2.24, 2.45) is 0 Å². The third-order valence-electron chi connectivity index (χ3n) is 4.71. The van der Waals surface area contributed by atoms with Gasteiger partial charge in [-0.2, -0.15) is 0 Å². The SMILES string of the molecule is CC(C)(C)OC(=O)NC(CCC(=O)OCc1ccccc1)C(=O)NCc1ccc(C(=N)NO)cc1. The first kappa shape index (κ1) is 27.3. The van der Waals surface area contributed by atoms with E-state index >= 15 is 0 Å². The van der Waals surface area contributed by atoms with E-state index in [0.29, 0.717) is 5.56 Å². The minimum Gasteiger partial charge on any atom is -0.461 e. The second-order valence-corrected chi connectivity index (χ2v) is 8.79. The van der Waals surface area contributed by atoms with Crippen LogP contribution in [0.5, 0.6) is 0 Å². The van der Waals surface area contributed by atoms with Crippen molar-refractivity contribution in [3.05, 3.63) is 71.3 Å². The average Bonchev–Trinajstić information content (AvgIpc) is 2.83. The summed E-state index contributed by atoms with van der Waals surface area (Å²) < 4.78 is 10.5. The highest BCUT2D eigenvalue weighted by Crippen LogP contribution is 2.10. The molecule has 0 radical (unpaired) electrons. The molecule has 1 unspecified atom stereocenters. The molecule has 2 aromatic rings. The summed E-state index contributed by atoms with van der Waals surface area (Å²) in [5, 5.41) is 21.6. The lowest BCUT2D eigenvalue weighted by Gasteiger charge is -2.23. The van der Waals surface area contributed by atoms with Crippen LogP contribution in [-0.2, 0) is 32.2 Å². The van der Waals surface area contributed by atoms with Crippen molar-refractivity contribution in [1.82, 2.24) is 16.1 Å². The lowest BCUT2D eigenvalue weighted by molar-refractivity contribution is -0.145. The minimum atomic E-state index is -1.01. The Bertz CT molecular complexity index is 1000. The van der Waals surface area contributed by atoms with Gasteiger partial charge in [0.1, 0.15) is 24.1 Å². The normalized spacial score (nSPS) is 11.7. The van der Waals surface area contributed by atoms with Gasteiger partial charge in [-0.3, -0.25) is 25.7 Å². The lowest BCUT2D eigenvalue weighted by Crippen LogP contribution is -2.48. The number of alkyl carbamates (subject to hydrolysis) is 1. The summed E-state index contributed by atoms with van der Waals surface area (Å²) in [5.41, 5.74) is 3.07. The number of hydrogen-bond acceptors (Lipinski definition) is 7. The second kappa shape index (κ2) is 13.1. The molecule has 0 aliphatic carbocycles. The number of carbonyl (C=O) groups excluding carboxylic acids is 3. The van der Waals surface area contributed by atoms with Gasteiger partial charge in [0.25, 0.3) is 0 Å². The predicted molar refractivity (Wildman–Crippen MR) is 129 cm³/mol. The highest BCUT2D eigenvalue weighted by molar-refractivity contribution is 5.95. The molecule has 1 atom stereocenters. The molecule has 0 aliphatic heterocycles. The molecule has 0 saturated carbocycles. The number of amides is 2. The lowest BCUT2D eigenvalue weighted by atomic mass is 10.1. The van der Waals surface area contributed by atoms with Gasteiger partial charge in [-0.05, 0) is 38.3 Å². The first-order valence-electron chi connectivity index (χ1n) is 11.1. The summed E-state index contributed by atoms with van der Waals surface area (Å²) in [4.78, 5) is 37.3. The predicted octanol–water partition coefficient (Wildman–Crippen LogP) is 3.02. The van der Waals surface area contributed by atoms with E-state index in [0.717, 1.165) is 11.1 Å². The first-order valence-corrected chi connectivity index (χ1v) is 11.1. The van der Waals surface area contributed by atoms with Gasteiger partial charge < -0.3 is 20.1 Å². The fourth-order valence-electron chi connectivity index (χ4n) is 2.96. The zero-order valence-electron chi connectivity index (χ0n) is 20.1. The maximum atomic E-state index is 12.8. The molecule has 0 heterocycles. The summed E-state index contributed by atoms with van der Waals surface area (Å²) in [7, 11) is 0. The summed E-state index contributed by atoms with van der Waals surface area (Å²) in [6, 6.07) is 14.8. The zero-order chi connectivity index (χ0) is 25.8. The van der Waals surface area contributed by atoms with Gasteiger partial charge >= 0.3 is 12.1 Å². The van der Waals surface area contributed by atoms with Gasteiger partial charge in [-0.15, -0.1) is 0 Å². The van der Waals surface area contributed by atoms with Crippen LogP contribution in [0.15, 0.2) is 54.6 Å². The van der Waals surface area contributed by atoms with E-state index < -0.39 is 29.6 Å². The Morgan fingerprint density at radius 2 is 1.66 bits per heavy atom. The Morgan fingerprint density at radius 1 is 1.00 bits per heavy atom. The van der Waals surface area contributed by atoms with Crippen molar-refractivity contribution < 1.29 is 29.1 Å². The van der Waals surface area contributed by atoms with Crippen molar-refractivity contribution in [1.29, 1.82) is 5.41 Å². The summed E-state index contributed by atoms with van der Waals surface area (Å²) in [6.07, 6.45) is -0.822. The average molecular weight is 485 g/mol. The Balaban J connectivity index is 1.95. The van der Waals surface area contributed by atoms with E-state index in [9.17, 15) is 14.4 Å². The van der Waals surface area contributed by atoms with Crippen LogP contribution in [0.4, 0.5) is 4.79 Å². The molecule has 0 bridgehead atoms. The zero-order valence-corrected chi connectivity index (χ0v) is 20.1. The molecule has 0 saturated heterocycles. The van der Waals surface area contributed by atoms with Crippen LogP contribution in [0.3, 0.4) is 0 Å². The Labute approximate surface area is 204 Å². The van der Waals surface area contributed by atoms with E-state index in [4.69, 9.17) is 20.1 Å². The largest absolute Gasteiger partial charge is 0.461 e. The number of carbonyl (C=O) groups is 3. The second-order valence-electron chi connectivity index (χ2n) is 8.79. The maximum absolute atomic E-state index is 12.8. The van der Waals surface area contributed by atoms with E-state index in [1.54, 1.807) is 50.5 Å². The van der Waals surface area contributed by atoms with Crippen molar-refractivity contribution >= 4 is 23.8 Å². The summed E-state index contributed by atoms with van der Waals surface area (Å²) in [6.45, 7) is 5.40. The van der Waals surface area contributed by atoms with Gasteiger partial charge in [0.05, 0.1) is 0 Å². The molecule has 5 N–H and O–H groups in total. The van der Waals surface area contributed by atoms with Crippen molar-refractivity contribution in [3.8, 4) is 0 Å². The van der Waals surface area contributed by atoms with Crippen LogP contribution < -0.4 is 16.1 Å². The first-order chi connectivity index (χ1) is 16.6. The van der Waals surface area contributed by atoms with E-state index in [2.05, 4.69) is 10.6 Å². The molecular formula is C25H32N4O6. The topological polar surface area (TPSA) is 150 Å². The van der Waals surface area contributed by atoms with Crippen molar-refractivity contribution in [2.45, 2.75) is 58.4 Å². The third-order valence-corrected chi connectivity index (χ3v) is 4.71. The van der Waals surface area contributed by atoms with Crippen LogP contribution in [0.25, 0.3) is 0 Å². The Kier molecular flexibility index (Phi) is 10.2. The van der Waals surface area contributed by atoms with Crippen LogP contribution in [0.2, 0.25) is 0 Å². The van der Waals surface area contributed by atoms with Crippen LogP contribution in [-0.4, -0.2) is 40.7 Å². The van der Waals surface area contributed by atoms with Gasteiger partial charge in [0, 0.05) is 18.5 Å². The number of amidine groups is 1. The molecule has 10 heteroatoms. The minimum absolute atomic E-state index is 0.0248. The highest BCUT2D eigenvalue weighted by Gasteiger charge is 2.25.